The summed E-state index contributed by atoms with van der Waals surface area (Å²) in [5.74, 6) is 0.798. The number of anilines is 1. The number of piperidine rings is 1. The lowest BCUT2D eigenvalue weighted by Gasteiger charge is -2.34. The number of aliphatic carboxylic acids is 1. The molecule has 0 radical (unpaired) electrons. The highest BCUT2D eigenvalue weighted by atomic mass is 32.1. The quantitative estimate of drug-likeness (QED) is 0.918. The molecule has 1 N–H and O–H groups in total. The van der Waals surface area contributed by atoms with Crippen molar-refractivity contribution in [2.24, 2.45) is 17.8 Å². The smallest absolute Gasteiger partial charge is 0.308 e. The number of nitrogens with zero attached hydrogens (tertiary/aromatic N) is 3. The molecule has 1 aromatic rings. The van der Waals surface area contributed by atoms with Gasteiger partial charge in [0.25, 0.3) is 0 Å². The van der Waals surface area contributed by atoms with E-state index in [1.807, 2.05) is 0 Å². The van der Waals surface area contributed by atoms with Gasteiger partial charge in [0.05, 0.1) is 5.92 Å². The van der Waals surface area contributed by atoms with Crippen molar-refractivity contribution in [3.63, 3.8) is 0 Å². The molecule has 1 saturated heterocycles. The second-order valence-corrected chi connectivity index (χ2v) is 6.60. The van der Waals surface area contributed by atoms with Crippen molar-refractivity contribution in [3.05, 3.63) is 5.82 Å². The maximum Gasteiger partial charge on any atom is 0.308 e. The zero-order valence-electron chi connectivity index (χ0n) is 11.7. The molecule has 1 fully saturated rings. The van der Waals surface area contributed by atoms with E-state index in [4.69, 9.17) is 0 Å². The highest BCUT2D eigenvalue weighted by Gasteiger charge is 2.31. The first-order chi connectivity index (χ1) is 8.95. The average molecular weight is 283 g/mol. The second-order valence-electron chi connectivity index (χ2n) is 5.87. The molecule has 1 aromatic heterocycles. The summed E-state index contributed by atoms with van der Waals surface area (Å²) in [6.45, 7) is 7.81. The van der Waals surface area contributed by atoms with Crippen LogP contribution in [0.1, 0.15) is 33.0 Å². The Balaban J connectivity index is 2.07. The molecule has 0 amide bonds. The Morgan fingerprint density at radius 1 is 1.53 bits per heavy atom. The third-order valence-corrected chi connectivity index (χ3v) is 4.14. The molecule has 0 aliphatic carbocycles. The summed E-state index contributed by atoms with van der Waals surface area (Å²) in [6, 6.07) is 0. The van der Waals surface area contributed by atoms with Crippen LogP contribution in [0.4, 0.5) is 5.13 Å². The molecular formula is C13H21N3O2S. The molecule has 0 spiro atoms. The van der Waals surface area contributed by atoms with Gasteiger partial charge in [-0.2, -0.15) is 4.37 Å². The van der Waals surface area contributed by atoms with E-state index in [1.165, 1.54) is 11.5 Å². The summed E-state index contributed by atoms with van der Waals surface area (Å²) >= 11 is 1.39. The lowest BCUT2D eigenvalue weighted by Crippen LogP contribution is -2.42. The summed E-state index contributed by atoms with van der Waals surface area (Å²) in [6.07, 6.45) is 1.63. The number of carboxylic acid groups (broad SMARTS) is 1. The Morgan fingerprint density at radius 2 is 2.26 bits per heavy atom. The first-order valence-electron chi connectivity index (χ1n) is 6.76. The van der Waals surface area contributed by atoms with Crippen molar-refractivity contribution in [1.29, 1.82) is 0 Å². The van der Waals surface area contributed by atoms with Crippen LogP contribution in [0.3, 0.4) is 0 Å². The third kappa shape index (κ3) is 3.65. The zero-order valence-corrected chi connectivity index (χ0v) is 12.5. The second kappa shape index (κ2) is 5.86. The van der Waals surface area contributed by atoms with E-state index >= 15 is 0 Å². The molecule has 2 atom stereocenters. The average Bonchev–Trinajstić information content (AvgIpc) is 2.75. The summed E-state index contributed by atoms with van der Waals surface area (Å²) in [7, 11) is 0. The molecule has 1 aliphatic rings. The number of carbonyl (C=O) groups is 1. The van der Waals surface area contributed by atoms with Gasteiger partial charge in [-0.25, -0.2) is 4.98 Å². The fourth-order valence-electron chi connectivity index (χ4n) is 2.51. The molecule has 6 heteroatoms. The van der Waals surface area contributed by atoms with Gasteiger partial charge in [0.2, 0.25) is 5.13 Å². The van der Waals surface area contributed by atoms with Crippen LogP contribution in [0, 0.1) is 17.8 Å². The molecule has 2 heterocycles. The largest absolute Gasteiger partial charge is 0.481 e. The number of hydrogen-bond acceptors (Lipinski definition) is 5. The van der Waals surface area contributed by atoms with Crippen LogP contribution in [-0.2, 0) is 11.2 Å². The number of hydrogen-bond donors (Lipinski definition) is 1. The van der Waals surface area contributed by atoms with Crippen LogP contribution >= 0.6 is 11.5 Å². The monoisotopic (exact) mass is 283 g/mol. The van der Waals surface area contributed by atoms with E-state index in [-0.39, 0.29) is 5.92 Å². The van der Waals surface area contributed by atoms with Gasteiger partial charge in [-0.15, -0.1) is 0 Å². The van der Waals surface area contributed by atoms with Crippen LogP contribution in [-0.4, -0.2) is 33.5 Å². The standard InChI is InChI=1S/C13H21N3O2S/c1-8(2)4-11-14-13(19-15-11)16-6-9(3)5-10(7-16)12(17)18/h8-10H,4-7H2,1-3H3,(H,17,18). The fourth-order valence-corrected chi connectivity index (χ4v) is 3.22. The molecule has 1 aliphatic heterocycles. The fraction of sp³-hybridized carbons (Fsp3) is 0.769. The van der Waals surface area contributed by atoms with Gasteiger partial charge in [-0.1, -0.05) is 20.8 Å². The molecule has 2 unspecified atom stereocenters. The van der Waals surface area contributed by atoms with E-state index in [2.05, 4.69) is 35.0 Å². The number of carboxylic acids is 1. The van der Waals surface area contributed by atoms with Crippen molar-refractivity contribution in [2.75, 3.05) is 18.0 Å². The normalized spacial score (nSPS) is 23.9. The van der Waals surface area contributed by atoms with E-state index in [0.29, 0.717) is 18.4 Å². The minimum atomic E-state index is -0.705. The molecular weight excluding hydrogens is 262 g/mol. The van der Waals surface area contributed by atoms with E-state index in [1.54, 1.807) is 0 Å². The van der Waals surface area contributed by atoms with Gasteiger partial charge in [-0.3, -0.25) is 4.79 Å². The van der Waals surface area contributed by atoms with Gasteiger partial charge in [0.1, 0.15) is 5.82 Å². The molecule has 19 heavy (non-hydrogen) atoms. The minimum Gasteiger partial charge on any atom is -0.481 e. The van der Waals surface area contributed by atoms with Crippen LogP contribution in [0.15, 0.2) is 0 Å². The van der Waals surface area contributed by atoms with Gasteiger partial charge >= 0.3 is 5.97 Å². The first-order valence-corrected chi connectivity index (χ1v) is 7.53. The lowest BCUT2D eigenvalue weighted by molar-refractivity contribution is -0.142. The van der Waals surface area contributed by atoms with Crippen LogP contribution in [0.25, 0.3) is 0 Å². The molecule has 0 aromatic carbocycles. The Bertz CT molecular complexity index is 447. The molecule has 0 bridgehead atoms. The van der Waals surface area contributed by atoms with Gasteiger partial charge in [0, 0.05) is 31.0 Å². The van der Waals surface area contributed by atoms with Gasteiger partial charge < -0.3 is 10.0 Å². The first kappa shape index (κ1) is 14.2. The van der Waals surface area contributed by atoms with Crippen molar-refractivity contribution in [1.82, 2.24) is 9.36 Å². The molecule has 0 saturated carbocycles. The topological polar surface area (TPSA) is 66.3 Å². The van der Waals surface area contributed by atoms with Crippen molar-refractivity contribution < 1.29 is 9.90 Å². The van der Waals surface area contributed by atoms with Crippen LogP contribution < -0.4 is 4.90 Å². The Kier molecular flexibility index (Phi) is 4.39. The summed E-state index contributed by atoms with van der Waals surface area (Å²) in [4.78, 5) is 17.8. The minimum absolute atomic E-state index is 0.291. The summed E-state index contributed by atoms with van der Waals surface area (Å²) < 4.78 is 4.37. The highest BCUT2D eigenvalue weighted by molar-refractivity contribution is 7.09. The zero-order chi connectivity index (χ0) is 14.0. The van der Waals surface area contributed by atoms with Crippen molar-refractivity contribution in [3.8, 4) is 0 Å². The highest BCUT2D eigenvalue weighted by Crippen LogP contribution is 2.28. The Hall–Kier alpha value is -1.17. The Morgan fingerprint density at radius 3 is 2.89 bits per heavy atom. The molecule has 5 nitrogen and oxygen atoms in total. The van der Waals surface area contributed by atoms with E-state index in [9.17, 15) is 9.90 Å². The lowest BCUT2D eigenvalue weighted by atomic mass is 9.91. The van der Waals surface area contributed by atoms with Crippen molar-refractivity contribution >= 4 is 22.6 Å². The third-order valence-electron chi connectivity index (χ3n) is 3.33. The van der Waals surface area contributed by atoms with Gasteiger partial charge in [0.15, 0.2) is 0 Å². The maximum atomic E-state index is 11.2. The maximum absolute atomic E-state index is 11.2. The van der Waals surface area contributed by atoms with Crippen LogP contribution in [0.2, 0.25) is 0 Å². The van der Waals surface area contributed by atoms with Gasteiger partial charge in [-0.05, 0) is 18.3 Å². The predicted octanol–water partition coefficient (Wildman–Crippen LogP) is 2.28. The summed E-state index contributed by atoms with van der Waals surface area (Å²) in [5, 5.41) is 10.1. The predicted molar refractivity (Wildman–Crippen MR) is 75.6 cm³/mol. The number of aromatic nitrogens is 2. The molecule has 106 valence electrons. The van der Waals surface area contributed by atoms with E-state index in [0.717, 1.165) is 30.3 Å². The SMILES string of the molecule is CC(C)Cc1nsc(N2CC(C)CC(C(=O)O)C2)n1. The van der Waals surface area contributed by atoms with E-state index < -0.39 is 5.97 Å². The van der Waals surface area contributed by atoms with Crippen molar-refractivity contribution in [2.45, 2.75) is 33.6 Å². The Labute approximate surface area is 117 Å². The number of rotatable bonds is 4. The summed E-state index contributed by atoms with van der Waals surface area (Å²) in [5.41, 5.74) is 0. The van der Waals surface area contributed by atoms with Crippen LogP contribution in [0.5, 0.6) is 0 Å². The molecule has 2 rings (SSSR count).